The summed E-state index contributed by atoms with van der Waals surface area (Å²) in [7, 11) is 0. The number of hydrogen-bond donors (Lipinski definition) is 1. The lowest BCUT2D eigenvalue weighted by atomic mass is 10.1. The molecule has 2 aromatic carbocycles. The fourth-order valence-electron chi connectivity index (χ4n) is 2.71. The summed E-state index contributed by atoms with van der Waals surface area (Å²) in [4.78, 5) is 0. The summed E-state index contributed by atoms with van der Waals surface area (Å²) < 4.78 is 2.38. The van der Waals surface area contributed by atoms with Gasteiger partial charge in [0, 0.05) is 40.6 Å². The summed E-state index contributed by atoms with van der Waals surface area (Å²) in [5.74, 6) is 0. The summed E-state index contributed by atoms with van der Waals surface area (Å²) in [5.41, 5.74) is 3.84. The van der Waals surface area contributed by atoms with Gasteiger partial charge in [-0.1, -0.05) is 18.2 Å². The number of aryl methyl sites for hydroxylation is 1. The maximum atomic E-state index is 3.38. The zero-order chi connectivity index (χ0) is 12.5. The van der Waals surface area contributed by atoms with Gasteiger partial charge in [-0.25, -0.2) is 0 Å². The van der Waals surface area contributed by atoms with Gasteiger partial charge in [-0.3, -0.25) is 0 Å². The molecule has 0 fully saturated rings. The molecular formula is C16H18N2. The van der Waals surface area contributed by atoms with Crippen LogP contribution in [0.2, 0.25) is 0 Å². The molecule has 3 aromatic rings. The maximum Gasteiger partial charge on any atom is 0.0492 e. The topological polar surface area (TPSA) is 17.0 Å². The van der Waals surface area contributed by atoms with Crippen LogP contribution >= 0.6 is 0 Å². The van der Waals surface area contributed by atoms with E-state index in [2.05, 4.69) is 66.2 Å². The highest BCUT2D eigenvalue weighted by molar-refractivity contribution is 6.09. The lowest BCUT2D eigenvalue weighted by molar-refractivity contribution is 0.827. The Morgan fingerprint density at radius 3 is 2.50 bits per heavy atom. The smallest absolute Gasteiger partial charge is 0.0492 e. The molecule has 0 saturated heterocycles. The first-order chi connectivity index (χ1) is 8.85. The standard InChI is InChI=1S/C16H18N2/c1-3-17-12-9-10-16-14(11-12)13-7-5-6-8-15(13)18(16)4-2/h5-11,17H,3-4H2,1-2H3. The van der Waals surface area contributed by atoms with Crippen LogP contribution in [0.4, 0.5) is 5.69 Å². The predicted molar refractivity (Wildman–Crippen MR) is 79.3 cm³/mol. The Morgan fingerprint density at radius 2 is 1.72 bits per heavy atom. The van der Waals surface area contributed by atoms with Crippen molar-refractivity contribution in [3.63, 3.8) is 0 Å². The Kier molecular flexibility index (Phi) is 2.71. The molecule has 2 heteroatoms. The molecule has 92 valence electrons. The van der Waals surface area contributed by atoms with Crippen LogP contribution in [-0.4, -0.2) is 11.1 Å². The number of benzene rings is 2. The zero-order valence-corrected chi connectivity index (χ0v) is 10.9. The van der Waals surface area contributed by atoms with Crippen molar-refractivity contribution in [1.82, 2.24) is 4.57 Å². The van der Waals surface area contributed by atoms with E-state index in [-0.39, 0.29) is 0 Å². The quantitative estimate of drug-likeness (QED) is 0.722. The number of nitrogens with one attached hydrogen (secondary N) is 1. The number of anilines is 1. The first-order valence-corrected chi connectivity index (χ1v) is 6.60. The van der Waals surface area contributed by atoms with Gasteiger partial charge in [-0.05, 0) is 38.1 Å². The number of nitrogens with zero attached hydrogens (tertiary/aromatic N) is 1. The van der Waals surface area contributed by atoms with Crippen molar-refractivity contribution in [2.24, 2.45) is 0 Å². The highest BCUT2D eigenvalue weighted by Crippen LogP contribution is 2.30. The summed E-state index contributed by atoms with van der Waals surface area (Å²) >= 11 is 0. The van der Waals surface area contributed by atoms with E-state index in [4.69, 9.17) is 0 Å². The zero-order valence-electron chi connectivity index (χ0n) is 10.9. The molecule has 0 unspecified atom stereocenters. The summed E-state index contributed by atoms with van der Waals surface area (Å²) in [6.45, 7) is 6.28. The summed E-state index contributed by atoms with van der Waals surface area (Å²) in [5, 5.41) is 6.06. The van der Waals surface area contributed by atoms with Gasteiger partial charge >= 0.3 is 0 Å². The van der Waals surface area contributed by atoms with Crippen molar-refractivity contribution in [3.05, 3.63) is 42.5 Å². The average Bonchev–Trinajstić information content (AvgIpc) is 2.72. The van der Waals surface area contributed by atoms with Crippen molar-refractivity contribution in [3.8, 4) is 0 Å². The van der Waals surface area contributed by atoms with Gasteiger partial charge in [0.05, 0.1) is 0 Å². The molecule has 0 amide bonds. The van der Waals surface area contributed by atoms with Gasteiger partial charge in [-0.15, -0.1) is 0 Å². The van der Waals surface area contributed by atoms with E-state index < -0.39 is 0 Å². The van der Waals surface area contributed by atoms with E-state index >= 15 is 0 Å². The third kappa shape index (κ3) is 1.57. The van der Waals surface area contributed by atoms with E-state index in [0.29, 0.717) is 0 Å². The fraction of sp³-hybridized carbons (Fsp3) is 0.250. The molecule has 1 aromatic heterocycles. The van der Waals surface area contributed by atoms with E-state index in [1.54, 1.807) is 0 Å². The molecule has 18 heavy (non-hydrogen) atoms. The SMILES string of the molecule is CCNc1ccc2c(c1)c1ccccc1n2CC. The maximum absolute atomic E-state index is 3.38. The van der Waals surface area contributed by atoms with Crippen molar-refractivity contribution in [2.75, 3.05) is 11.9 Å². The summed E-state index contributed by atoms with van der Waals surface area (Å²) in [6.07, 6.45) is 0. The van der Waals surface area contributed by atoms with Crippen LogP contribution in [0.3, 0.4) is 0 Å². The second-order valence-electron chi connectivity index (χ2n) is 4.52. The molecule has 0 saturated carbocycles. The van der Waals surface area contributed by atoms with Gasteiger partial charge < -0.3 is 9.88 Å². The van der Waals surface area contributed by atoms with Gasteiger partial charge in [-0.2, -0.15) is 0 Å². The van der Waals surface area contributed by atoms with E-state index in [1.165, 1.54) is 27.5 Å². The van der Waals surface area contributed by atoms with Gasteiger partial charge in [0.1, 0.15) is 0 Å². The van der Waals surface area contributed by atoms with Crippen molar-refractivity contribution in [1.29, 1.82) is 0 Å². The van der Waals surface area contributed by atoms with Crippen molar-refractivity contribution >= 4 is 27.5 Å². The molecule has 0 radical (unpaired) electrons. The Balaban J connectivity index is 2.37. The van der Waals surface area contributed by atoms with Crippen LogP contribution in [0.1, 0.15) is 13.8 Å². The third-order valence-corrected chi connectivity index (χ3v) is 3.47. The minimum absolute atomic E-state index is 0.956. The molecule has 0 spiro atoms. The second-order valence-corrected chi connectivity index (χ2v) is 4.52. The van der Waals surface area contributed by atoms with E-state index in [9.17, 15) is 0 Å². The number of rotatable bonds is 3. The highest BCUT2D eigenvalue weighted by Gasteiger charge is 2.08. The normalized spacial score (nSPS) is 11.2. The lowest BCUT2D eigenvalue weighted by Crippen LogP contribution is -1.96. The number of hydrogen-bond acceptors (Lipinski definition) is 1. The minimum Gasteiger partial charge on any atom is -0.385 e. The molecule has 1 heterocycles. The Morgan fingerprint density at radius 1 is 0.944 bits per heavy atom. The van der Waals surface area contributed by atoms with Crippen molar-refractivity contribution < 1.29 is 0 Å². The number of para-hydroxylation sites is 1. The van der Waals surface area contributed by atoms with Crippen LogP contribution < -0.4 is 5.32 Å². The number of aromatic nitrogens is 1. The molecule has 0 aliphatic heterocycles. The number of fused-ring (bicyclic) bond motifs is 3. The Bertz CT molecular complexity index is 695. The summed E-state index contributed by atoms with van der Waals surface area (Å²) in [6, 6.07) is 15.3. The molecule has 0 aliphatic rings. The monoisotopic (exact) mass is 238 g/mol. The minimum atomic E-state index is 0.956. The predicted octanol–water partition coefficient (Wildman–Crippen LogP) is 4.25. The van der Waals surface area contributed by atoms with E-state index in [1.807, 2.05) is 0 Å². The Labute approximate surface area is 107 Å². The second kappa shape index (κ2) is 4.37. The van der Waals surface area contributed by atoms with Crippen molar-refractivity contribution in [2.45, 2.75) is 20.4 Å². The first-order valence-electron chi connectivity index (χ1n) is 6.60. The molecule has 0 aliphatic carbocycles. The fourth-order valence-corrected chi connectivity index (χ4v) is 2.71. The van der Waals surface area contributed by atoms with Gasteiger partial charge in [0.15, 0.2) is 0 Å². The third-order valence-electron chi connectivity index (χ3n) is 3.47. The highest BCUT2D eigenvalue weighted by atomic mass is 15.0. The van der Waals surface area contributed by atoms with E-state index in [0.717, 1.165) is 13.1 Å². The van der Waals surface area contributed by atoms with Gasteiger partial charge in [0.25, 0.3) is 0 Å². The molecular weight excluding hydrogens is 220 g/mol. The van der Waals surface area contributed by atoms with Crippen LogP contribution in [0.25, 0.3) is 21.8 Å². The largest absolute Gasteiger partial charge is 0.385 e. The molecule has 0 atom stereocenters. The van der Waals surface area contributed by atoms with Crippen LogP contribution in [0.5, 0.6) is 0 Å². The Hall–Kier alpha value is -1.96. The van der Waals surface area contributed by atoms with Crippen LogP contribution in [0, 0.1) is 0 Å². The lowest BCUT2D eigenvalue weighted by Gasteiger charge is -2.05. The van der Waals surface area contributed by atoms with Crippen LogP contribution in [0.15, 0.2) is 42.5 Å². The molecule has 1 N–H and O–H groups in total. The molecule has 0 bridgehead atoms. The molecule has 3 rings (SSSR count). The van der Waals surface area contributed by atoms with Gasteiger partial charge in [0.2, 0.25) is 0 Å². The molecule has 2 nitrogen and oxygen atoms in total. The average molecular weight is 238 g/mol. The first kappa shape index (κ1) is 11.1. The van der Waals surface area contributed by atoms with Crippen LogP contribution in [-0.2, 0) is 6.54 Å².